The third-order valence-electron chi connectivity index (χ3n) is 8.45. The minimum absolute atomic E-state index is 0.103. The van der Waals surface area contributed by atoms with E-state index in [1.54, 1.807) is 0 Å². The monoisotopic (exact) mass is 326 g/mol. The molecule has 2 heteroatoms. The summed E-state index contributed by atoms with van der Waals surface area (Å²) in [7, 11) is 0. The molecule has 0 spiro atoms. The highest BCUT2D eigenvalue weighted by atomic mass is 16.3. The van der Waals surface area contributed by atoms with Gasteiger partial charge in [-0.15, -0.1) is 6.42 Å². The van der Waals surface area contributed by atoms with Crippen LogP contribution in [0.4, 0.5) is 0 Å². The minimum Gasteiger partial charge on any atom is -0.393 e. The van der Waals surface area contributed by atoms with Crippen molar-refractivity contribution < 1.29 is 9.90 Å². The summed E-state index contributed by atoms with van der Waals surface area (Å²) in [5.41, 5.74) is 2.53. The summed E-state index contributed by atoms with van der Waals surface area (Å²) in [5, 5.41) is 10.4. The first-order valence-corrected chi connectivity index (χ1v) is 9.71. The van der Waals surface area contributed by atoms with Crippen molar-refractivity contribution in [2.45, 2.75) is 71.8 Å². The lowest BCUT2D eigenvalue weighted by atomic mass is 9.46. The molecule has 0 radical (unpaired) electrons. The molecular formula is C22H30O2. The second kappa shape index (κ2) is 5.21. The van der Waals surface area contributed by atoms with Crippen LogP contribution in [0.15, 0.2) is 11.1 Å². The van der Waals surface area contributed by atoms with Crippen molar-refractivity contribution in [1.29, 1.82) is 0 Å². The van der Waals surface area contributed by atoms with Crippen LogP contribution in [0.5, 0.6) is 0 Å². The molecule has 0 aromatic rings. The zero-order valence-corrected chi connectivity index (χ0v) is 15.3. The Bertz CT molecular complexity index is 653. The van der Waals surface area contributed by atoms with E-state index >= 15 is 0 Å². The fourth-order valence-corrected chi connectivity index (χ4v) is 7.05. The summed E-state index contributed by atoms with van der Waals surface area (Å²) in [4.78, 5) is 12.5. The van der Waals surface area contributed by atoms with Crippen LogP contribution in [-0.4, -0.2) is 17.0 Å². The van der Waals surface area contributed by atoms with Gasteiger partial charge in [-0.3, -0.25) is 4.79 Å². The Balaban J connectivity index is 1.79. The Hall–Kier alpha value is -1.07. The number of ketones is 1. The highest BCUT2D eigenvalue weighted by molar-refractivity contribution is 5.87. The Morgan fingerprint density at radius 3 is 2.58 bits per heavy atom. The number of aliphatic hydroxyl groups excluding tert-OH is 1. The van der Waals surface area contributed by atoms with Crippen LogP contribution in [0.3, 0.4) is 0 Å². The van der Waals surface area contributed by atoms with E-state index in [-0.39, 0.29) is 16.9 Å². The number of rotatable bonds is 0. The van der Waals surface area contributed by atoms with Gasteiger partial charge in [-0.25, -0.2) is 0 Å². The van der Waals surface area contributed by atoms with Gasteiger partial charge >= 0.3 is 0 Å². The van der Waals surface area contributed by atoms with Gasteiger partial charge in [0.1, 0.15) is 5.78 Å². The summed E-state index contributed by atoms with van der Waals surface area (Å²) in [6, 6.07) is 0. The number of Topliss-reactive ketones (excluding diaryl/α,β-unsaturated/α-hetero) is 1. The Kier molecular flexibility index (Phi) is 3.56. The van der Waals surface area contributed by atoms with Crippen molar-refractivity contribution in [3.8, 4) is 12.3 Å². The zero-order valence-electron chi connectivity index (χ0n) is 15.3. The second-order valence-electron chi connectivity index (χ2n) is 9.47. The predicted octanol–water partition coefficient (Wildman–Crippen LogP) is 4.13. The molecule has 0 bridgehead atoms. The van der Waals surface area contributed by atoms with Crippen LogP contribution in [0.2, 0.25) is 0 Å². The third kappa shape index (κ3) is 1.97. The molecule has 0 aromatic heterocycles. The van der Waals surface area contributed by atoms with E-state index in [1.807, 2.05) is 0 Å². The van der Waals surface area contributed by atoms with E-state index < -0.39 is 0 Å². The van der Waals surface area contributed by atoms with Crippen LogP contribution < -0.4 is 0 Å². The van der Waals surface area contributed by atoms with E-state index in [2.05, 4.69) is 26.7 Å². The van der Waals surface area contributed by atoms with Gasteiger partial charge in [0.2, 0.25) is 0 Å². The number of carbonyl (C=O) groups excluding carboxylic acids is 1. The summed E-state index contributed by atoms with van der Waals surface area (Å²) in [6.07, 6.45) is 12.4. The van der Waals surface area contributed by atoms with E-state index in [0.29, 0.717) is 29.5 Å². The van der Waals surface area contributed by atoms with E-state index in [0.717, 1.165) is 50.5 Å². The number of fused-ring (bicyclic) bond motifs is 5. The molecule has 0 aliphatic heterocycles. The summed E-state index contributed by atoms with van der Waals surface area (Å²) in [5.74, 6) is 5.49. The third-order valence-corrected chi connectivity index (χ3v) is 8.45. The molecule has 24 heavy (non-hydrogen) atoms. The maximum Gasteiger partial charge on any atom is 0.139 e. The maximum atomic E-state index is 12.5. The van der Waals surface area contributed by atoms with Gasteiger partial charge in [0.05, 0.1) is 6.10 Å². The van der Waals surface area contributed by atoms with Gasteiger partial charge in [0.15, 0.2) is 0 Å². The molecule has 3 saturated carbocycles. The van der Waals surface area contributed by atoms with Gasteiger partial charge in [0, 0.05) is 17.4 Å². The predicted molar refractivity (Wildman–Crippen MR) is 95.0 cm³/mol. The minimum atomic E-state index is -0.255. The van der Waals surface area contributed by atoms with Crippen LogP contribution in [0.25, 0.3) is 0 Å². The fraction of sp³-hybridized carbons (Fsp3) is 0.773. The second-order valence-corrected chi connectivity index (χ2v) is 9.47. The highest BCUT2D eigenvalue weighted by Crippen LogP contribution is 2.65. The number of carbonyl (C=O) groups is 1. The smallest absolute Gasteiger partial charge is 0.139 e. The molecule has 0 aromatic carbocycles. The van der Waals surface area contributed by atoms with Crippen molar-refractivity contribution in [2.75, 3.05) is 0 Å². The average Bonchev–Trinajstić information content (AvgIpc) is 2.84. The number of hydrogen-bond donors (Lipinski definition) is 1. The van der Waals surface area contributed by atoms with Crippen LogP contribution >= 0.6 is 0 Å². The first kappa shape index (κ1) is 16.4. The van der Waals surface area contributed by atoms with E-state index in [9.17, 15) is 9.90 Å². The first-order chi connectivity index (χ1) is 11.3. The van der Waals surface area contributed by atoms with Crippen molar-refractivity contribution in [3.63, 3.8) is 0 Å². The fourth-order valence-electron chi connectivity index (χ4n) is 7.05. The molecular weight excluding hydrogens is 296 g/mol. The molecule has 4 rings (SSSR count). The summed E-state index contributed by atoms with van der Waals surface area (Å²) in [6.45, 7) is 6.80. The normalized spacial score (nSPS) is 50.8. The van der Waals surface area contributed by atoms with Gasteiger partial charge in [-0.05, 0) is 73.2 Å². The molecule has 130 valence electrons. The SMILES string of the molecule is C#CC1=C2CC(O)C(C)C[C@]2(C)[C@@H]2CC[C@]3(C)C(=O)CC[C@H]3[C@@H]2C1. The average molecular weight is 326 g/mol. The first-order valence-electron chi connectivity index (χ1n) is 9.71. The van der Waals surface area contributed by atoms with E-state index in [1.165, 1.54) is 5.57 Å². The van der Waals surface area contributed by atoms with Gasteiger partial charge in [-0.1, -0.05) is 26.7 Å². The van der Waals surface area contributed by atoms with Crippen molar-refractivity contribution in [2.24, 2.45) is 34.5 Å². The molecule has 2 unspecified atom stereocenters. The lowest BCUT2D eigenvalue weighted by molar-refractivity contribution is -0.132. The van der Waals surface area contributed by atoms with Crippen molar-refractivity contribution in [1.82, 2.24) is 0 Å². The molecule has 3 fully saturated rings. The molecule has 0 heterocycles. The Morgan fingerprint density at radius 1 is 1.17 bits per heavy atom. The van der Waals surface area contributed by atoms with Gasteiger partial charge in [-0.2, -0.15) is 0 Å². The van der Waals surface area contributed by atoms with Gasteiger partial charge < -0.3 is 5.11 Å². The van der Waals surface area contributed by atoms with Crippen LogP contribution in [0, 0.1) is 46.8 Å². The molecule has 4 aliphatic carbocycles. The van der Waals surface area contributed by atoms with Crippen molar-refractivity contribution in [3.05, 3.63) is 11.1 Å². The number of allylic oxidation sites excluding steroid dienone is 1. The maximum absolute atomic E-state index is 12.5. The summed E-state index contributed by atoms with van der Waals surface area (Å²) < 4.78 is 0. The molecule has 0 saturated heterocycles. The number of terminal acetylenes is 1. The quantitative estimate of drug-likeness (QED) is 0.680. The highest BCUT2D eigenvalue weighted by Gasteiger charge is 2.60. The molecule has 4 aliphatic rings. The molecule has 0 amide bonds. The number of aliphatic hydroxyl groups is 1. The number of hydrogen-bond acceptors (Lipinski definition) is 2. The van der Waals surface area contributed by atoms with Crippen LogP contribution in [0.1, 0.15) is 65.7 Å². The molecule has 2 nitrogen and oxygen atoms in total. The Morgan fingerprint density at radius 2 is 1.88 bits per heavy atom. The largest absolute Gasteiger partial charge is 0.393 e. The van der Waals surface area contributed by atoms with Crippen molar-refractivity contribution >= 4 is 5.78 Å². The molecule has 1 N–H and O–H groups in total. The van der Waals surface area contributed by atoms with Crippen LogP contribution in [-0.2, 0) is 4.79 Å². The summed E-state index contributed by atoms with van der Waals surface area (Å²) >= 11 is 0. The van der Waals surface area contributed by atoms with Gasteiger partial charge in [0.25, 0.3) is 0 Å². The molecule has 7 atom stereocenters. The zero-order chi connectivity index (χ0) is 17.3. The lowest BCUT2D eigenvalue weighted by Crippen LogP contribution is -2.52. The van der Waals surface area contributed by atoms with E-state index in [4.69, 9.17) is 6.42 Å². The Labute approximate surface area is 146 Å². The standard InChI is InChI=1S/C22H30O2/c1-5-14-10-15-16-6-7-20(24)21(16,3)9-8-17(15)22(4)12-13(2)19(23)11-18(14)22/h1,13,15-17,19,23H,6-12H2,2-4H3/t13?,15-,16-,17+,19?,21-,22+/m0/s1. The lowest BCUT2D eigenvalue weighted by Gasteiger charge is -2.58. The topological polar surface area (TPSA) is 37.3 Å².